The van der Waals surface area contributed by atoms with Crippen LogP contribution in [0.4, 0.5) is 11.5 Å². The third-order valence-corrected chi connectivity index (χ3v) is 1.96. The molecule has 0 amide bonds. The van der Waals surface area contributed by atoms with Crippen molar-refractivity contribution >= 4 is 11.5 Å². The smallest absolute Gasteiger partial charge is 0.216 e. The van der Waals surface area contributed by atoms with E-state index in [0.29, 0.717) is 11.6 Å². The fraction of sp³-hybridized carbons (Fsp3) is 0.182. The Kier molecular flexibility index (Phi) is 2.95. The minimum atomic E-state index is 0.466. The monoisotopic (exact) mass is 217 g/mol. The van der Waals surface area contributed by atoms with Gasteiger partial charge in [-0.25, -0.2) is 0 Å². The van der Waals surface area contributed by atoms with Gasteiger partial charge in [0.2, 0.25) is 5.82 Å². The minimum absolute atomic E-state index is 0.466. The van der Waals surface area contributed by atoms with Crippen molar-refractivity contribution in [2.45, 2.75) is 6.92 Å². The van der Waals surface area contributed by atoms with Gasteiger partial charge in [-0.05, 0) is 31.2 Å². The van der Waals surface area contributed by atoms with Gasteiger partial charge in [0, 0.05) is 6.07 Å². The molecule has 0 radical (unpaired) electrons. The van der Waals surface area contributed by atoms with Gasteiger partial charge in [0.15, 0.2) is 0 Å². The molecule has 1 aromatic carbocycles. The average Bonchev–Trinajstić information content (AvgIpc) is 2.73. The molecule has 5 nitrogen and oxygen atoms in total. The van der Waals surface area contributed by atoms with Gasteiger partial charge in [-0.2, -0.15) is 0 Å². The molecule has 1 heterocycles. The molecule has 0 aliphatic heterocycles. The predicted octanol–water partition coefficient (Wildman–Crippen LogP) is 3.41. The standard InChI is InChI=1S/C11H11N3O2/c1-8-7-11(14-16-8)13-12-9-3-5-10(15-2)6-4-9/h3-7H,1-2H3. The highest BCUT2D eigenvalue weighted by molar-refractivity contribution is 5.41. The molecule has 1 aromatic heterocycles. The van der Waals surface area contributed by atoms with Gasteiger partial charge in [-0.1, -0.05) is 5.16 Å². The highest BCUT2D eigenvalue weighted by atomic mass is 16.5. The van der Waals surface area contributed by atoms with Gasteiger partial charge in [0.1, 0.15) is 11.5 Å². The number of hydrogen-bond acceptors (Lipinski definition) is 5. The van der Waals surface area contributed by atoms with E-state index >= 15 is 0 Å². The van der Waals surface area contributed by atoms with Crippen molar-refractivity contribution in [1.29, 1.82) is 0 Å². The molecule has 0 atom stereocenters. The molecule has 82 valence electrons. The topological polar surface area (TPSA) is 60.0 Å². The molecule has 0 unspecified atom stereocenters. The Balaban J connectivity index is 2.11. The number of rotatable bonds is 3. The fourth-order valence-corrected chi connectivity index (χ4v) is 1.16. The van der Waals surface area contributed by atoms with E-state index in [1.165, 1.54) is 0 Å². The molecule has 0 spiro atoms. The molecule has 0 saturated heterocycles. The number of azo groups is 1. The van der Waals surface area contributed by atoms with Gasteiger partial charge in [-0.15, -0.1) is 10.2 Å². The number of ether oxygens (including phenoxy) is 1. The lowest BCUT2D eigenvalue weighted by Gasteiger charge is -1.97. The molecule has 0 N–H and O–H groups in total. The number of benzene rings is 1. The summed E-state index contributed by atoms with van der Waals surface area (Å²) in [7, 11) is 1.62. The molecule has 2 aromatic rings. The molecule has 2 rings (SSSR count). The average molecular weight is 217 g/mol. The Morgan fingerprint density at radius 1 is 1.19 bits per heavy atom. The summed E-state index contributed by atoms with van der Waals surface area (Å²) in [6, 6.07) is 8.99. The summed E-state index contributed by atoms with van der Waals surface area (Å²) in [5.74, 6) is 1.97. The molecule has 0 aliphatic rings. The van der Waals surface area contributed by atoms with Crippen LogP contribution in [0.2, 0.25) is 0 Å². The third kappa shape index (κ3) is 2.44. The first-order chi connectivity index (χ1) is 7.78. The molecular formula is C11H11N3O2. The highest BCUT2D eigenvalue weighted by Gasteiger charge is 1.97. The van der Waals surface area contributed by atoms with E-state index in [4.69, 9.17) is 9.26 Å². The number of aryl methyl sites for hydroxylation is 1. The second-order valence-electron chi connectivity index (χ2n) is 3.19. The molecule has 0 aliphatic carbocycles. The van der Waals surface area contributed by atoms with Crippen molar-refractivity contribution in [3.05, 3.63) is 36.1 Å². The van der Waals surface area contributed by atoms with Gasteiger partial charge in [0.25, 0.3) is 0 Å². The van der Waals surface area contributed by atoms with Crippen LogP contribution in [-0.2, 0) is 0 Å². The summed E-state index contributed by atoms with van der Waals surface area (Å²) >= 11 is 0. The number of aromatic nitrogens is 1. The van der Waals surface area contributed by atoms with Gasteiger partial charge in [0.05, 0.1) is 12.8 Å². The summed E-state index contributed by atoms with van der Waals surface area (Å²) in [5, 5.41) is 11.6. The molecule has 0 saturated carbocycles. The van der Waals surface area contributed by atoms with E-state index in [2.05, 4.69) is 15.4 Å². The Bertz CT molecular complexity index is 488. The summed E-state index contributed by atoms with van der Waals surface area (Å²) in [6.07, 6.45) is 0. The van der Waals surface area contributed by atoms with Crippen molar-refractivity contribution in [2.24, 2.45) is 10.2 Å². The lowest BCUT2D eigenvalue weighted by atomic mass is 10.3. The van der Waals surface area contributed by atoms with Crippen molar-refractivity contribution in [2.75, 3.05) is 7.11 Å². The summed E-state index contributed by atoms with van der Waals surface area (Å²) in [5.41, 5.74) is 0.737. The van der Waals surface area contributed by atoms with Crippen LogP contribution in [0.3, 0.4) is 0 Å². The first kappa shape index (κ1) is 10.4. The lowest BCUT2D eigenvalue weighted by molar-refractivity contribution is 0.399. The zero-order valence-corrected chi connectivity index (χ0v) is 9.04. The molecule has 0 bridgehead atoms. The maximum atomic E-state index is 5.04. The zero-order chi connectivity index (χ0) is 11.4. The second-order valence-corrected chi connectivity index (χ2v) is 3.19. The van der Waals surface area contributed by atoms with Gasteiger partial charge >= 0.3 is 0 Å². The van der Waals surface area contributed by atoms with Crippen LogP contribution in [0.15, 0.2) is 45.1 Å². The first-order valence-electron chi connectivity index (χ1n) is 4.77. The zero-order valence-electron chi connectivity index (χ0n) is 9.04. The number of methoxy groups -OCH3 is 1. The van der Waals surface area contributed by atoms with E-state index in [1.807, 2.05) is 24.3 Å². The van der Waals surface area contributed by atoms with Crippen LogP contribution in [0.25, 0.3) is 0 Å². The van der Waals surface area contributed by atoms with Crippen molar-refractivity contribution < 1.29 is 9.26 Å². The maximum Gasteiger partial charge on any atom is 0.216 e. The van der Waals surface area contributed by atoms with E-state index in [1.54, 1.807) is 20.1 Å². The lowest BCUT2D eigenvalue weighted by Crippen LogP contribution is -1.79. The van der Waals surface area contributed by atoms with Crippen LogP contribution in [0.5, 0.6) is 5.75 Å². The van der Waals surface area contributed by atoms with Crippen LogP contribution >= 0.6 is 0 Å². The normalized spacial score (nSPS) is 10.9. The maximum absolute atomic E-state index is 5.04. The molecule has 5 heteroatoms. The van der Waals surface area contributed by atoms with Crippen LogP contribution in [0.1, 0.15) is 5.76 Å². The van der Waals surface area contributed by atoms with Crippen molar-refractivity contribution in [3.8, 4) is 5.75 Å². The number of hydrogen-bond donors (Lipinski definition) is 0. The SMILES string of the molecule is COc1ccc(N=Nc2cc(C)on2)cc1. The Hall–Kier alpha value is -2.17. The fourth-order valence-electron chi connectivity index (χ4n) is 1.16. The van der Waals surface area contributed by atoms with Gasteiger partial charge < -0.3 is 9.26 Å². The van der Waals surface area contributed by atoms with Crippen LogP contribution in [0, 0.1) is 6.92 Å². The molecular weight excluding hydrogens is 206 g/mol. The summed E-state index contributed by atoms with van der Waals surface area (Å²) in [4.78, 5) is 0. The van der Waals surface area contributed by atoms with E-state index in [0.717, 1.165) is 11.4 Å². The third-order valence-electron chi connectivity index (χ3n) is 1.96. The van der Waals surface area contributed by atoms with E-state index in [-0.39, 0.29) is 0 Å². The first-order valence-corrected chi connectivity index (χ1v) is 4.77. The Morgan fingerprint density at radius 2 is 1.94 bits per heavy atom. The second kappa shape index (κ2) is 4.57. The number of nitrogens with zero attached hydrogens (tertiary/aromatic N) is 3. The highest BCUT2D eigenvalue weighted by Crippen LogP contribution is 2.20. The van der Waals surface area contributed by atoms with Crippen molar-refractivity contribution in [3.63, 3.8) is 0 Å². The largest absolute Gasteiger partial charge is 0.497 e. The van der Waals surface area contributed by atoms with Gasteiger partial charge in [-0.3, -0.25) is 0 Å². The van der Waals surface area contributed by atoms with Crippen molar-refractivity contribution in [1.82, 2.24) is 5.16 Å². The van der Waals surface area contributed by atoms with E-state index in [9.17, 15) is 0 Å². The quantitative estimate of drug-likeness (QED) is 0.740. The molecule has 16 heavy (non-hydrogen) atoms. The Morgan fingerprint density at radius 3 is 2.50 bits per heavy atom. The molecule has 0 fully saturated rings. The Labute approximate surface area is 92.7 Å². The summed E-state index contributed by atoms with van der Waals surface area (Å²) < 4.78 is 9.90. The van der Waals surface area contributed by atoms with Crippen LogP contribution < -0.4 is 4.74 Å². The van der Waals surface area contributed by atoms with E-state index < -0.39 is 0 Å². The van der Waals surface area contributed by atoms with Crippen LogP contribution in [-0.4, -0.2) is 12.3 Å². The minimum Gasteiger partial charge on any atom is -0.497 e. The predicted molar refractivity (Wildman–Crippen MR) is 58.4 cm³/mol. The summed E-state index contributed by atoms with van der Waals surface area (Å²) in [6.45, 7) is 1.80.